The first-order valence-corrected chi connectivity index (χ1v) is 12.5. The van der Waals surface area contributed by atoms with Crippen molar-refractivity contribution in [2.24, 2.45) is 0 Å². The van der Waals surface area contributed by atoms with Crippen molar-refractivity contribution in [3.63, 3.8) is 0 Å². The van der Waals surface area contributed by atoms with Crippen molar-refractivity contribution >= 4 is 22.1 Å². The molecule has 37 heavy (non-hydrogen) atoms. The van der Waals surface area contributed by atoms with Crippen LogP contribution in [0.25, 0.3) is 44.8 Å². The summed E-state index contributed by atoms with van der Waals surface area (Å²) >= 11 is 0. The van der Waals surface area contributed by atoms with Gasteiger partial charge in [-0.05, 0) is 70.4 Å². The molecule has 0 spiro atoms. The van der Waals surface area contributed by atoms with E-state index < -0.39 is 0 Å². The zero-order valence-corrected chi connectivity index (χ0v) is 20.9. The van der Waals surface area contributed by atoms with E-state index in [9.17, 15) is 4.39 Å². The van der Waals surface area contributed by atoms with Crippen LogP contribution in [0, 0.1) is 5.82 Å². The second kappa shape index (κ2) is 9.87. The highest BCUT2D eigenvalue weighted by Crippen LogP contribution is 2.33. The standard InChI is InChI=1S/C27H29FN8O/c1-36(2)11-12-37-19-14-17(13-18(28)15-19)23-24-21(7-10-30-23)32-27(33-24)26-25-22(34-35-26)4-3-20(31-25)16-5-8-29-9-6-16/h3-4,7,10,13-16,29H,5-6,8-9,11-12H2,1-2H3,(H,32,33)(H,34,35). The minimum atomic E-state index is -0.389. The molecule has 1 fully saturated rings. The molecule has 0 atom stereocenters. The number of aromatic amines is 2. The van der Waals surface area contributed by atoms with Crippen LogP contribution in [0.2, 0.25) is 0 Å². The van der Waals surface area contributed by atoms with Crippen molar-refractivity contribution in [2.45, 2.75) is 18.8 Å². The van der Waals surface area contributed by atoms with Crippen LogP contribution in [0.3, 0.4) is 0 Å². The third-order valence-electron chi connectivity index (χ3n) is 6.76. The number of fused-ring (bicyclic) bond motifs is 2. The molecule has 3 N–H and O–H groups in total. The van der Waals surface area contributed by atoms with E-state index in [1.165, 1.54) is 12.1 Å². The number of pyridine rings is 2. The molecule has 0 amide bonds. The number of nitrogens with one attached hydrogen (secondary N) is 3. The SMILES string of the molecule is CN(C)CCOc1cc(F)cc(-c2nccc3[nH]c(-c4n[nH]c5ccc(C6CCNCC6)nc45)nc23)c1. The Morgan fingerprint density at radius 2 is 1.84 bits per heavy atom. The van der Waals surface area contributed by atoms with Gasteiger partial charge in [-0.1, -0.05) is 0 Å². The van der Waals surface area contributed by atoms with Crippen molar-refractivity contribution in [3.8, 4) is 28.5 Å². The summed E-state index contributed by atoms with van der Waals surface area (Å²) in [6, 6.07) is 10.6. The number of nitrogens with zero attached hydrogens (tertiary/aromatic N) is 5. The van der Waals surface area contributed by atoms with E-state index >= 15 is 0 Å². The maximum absolute atomic E-state index is 14.5. The fourth-order valence-electron chi connectivity index (χ4n) is 4.81. The van der Waals surface area contributed by atoms with Gasteiger partial charge in [0.05, 0.1) is 16.7 Å². The van der Waals surface area contributed by atoms with Crippen LogP contribution in [-0.4, -0.2) is 75.4 Å². The fourth-order valence-corrected chi connectivity index (χ4v) is 4.81. The highest BCUT2D eigenvalue weighted by Gasteiger charge is 2.21. The fraction of sp³-hybridized carbons (Fsp3) is 0.333. The minimum absolute atomic E-state index is 0.389. The quantitative estimate of drug-likeness (QED) is 0.309. The molecule has 0 radical (unpaired) electrons. The Morgan fingerprint density at radius 1 is 1.00 bits per heavy atom. The first kappa shape index (κ1) is 23.5. The number of aromatic nitrogens is 6. The topological polar surface area (TPSA) is 108 Å². The molecular formula is C27H29FN8O. The van der Waals surface area contributed by atoms with Gasteiger partial charge < -0.3 is 19.9 Å². The Kier molecular flexibility index (Phi) is 6.27. The zero-order chi connectivity index (χ0) is 25.4. The molecule has 190 valence electrons. The van der Waals surface area contributed by atoms with Crippen molar-refractivity contribution in [1.82, 2.24) is 40.3 Å². The maximum Gasteiger partial charge on any atom is 0.161 e. The lowest BCUT2D eigenvalue weighted by molar-refractivity contribution is 0.260. The van der Waals surface area contributed by atoms with E-state index in [1.807, 2.05) is 31.1 Å². The summed E-state index contributed by atoms with van der Waals surface area (Å²) in [6.45, 7) is 3.20. The second-order valence-corrected chi connectivity index (χ2v) is 9.70. The van der Waals surface area contributed by atoms with Crippen LogP contribution in [0.4, 0.5) is 4.39 Å². The highest BCUT2D eigenvalue weighted by molar-refractivity contribution is 5.94. The second-order valence-electron chi connectivity index (χ2n) is 9.70. The summed E-state index contributed by atoms with van der Waals surface area (Å²) in [5, 5.41) is 11.0. The van der Waals surface area contributed by atoms with Gasteiger partial charge in [-0.3, -0.25) is 10.1 Å². The summed E-state index contributed by atoms with van der Waals surface area (Å²) in [5.74, 6) is 1.09. The van der Waals surface area contributed by atoms with E-state index in [1.54, 1.807) is 12.3 Å². The normalized spacial score (nSPS) is 14.7. The van der Waals surface area contributed by atoms with E-state index in [-0.39, 0.29) is 5.82 Å². The van der Waals surface area contributed by atoms with Crippen LogP contribution in [0.1, 0.15) is 24.5 Å². The molecule has 10 heteroatoms. The van der Waals surface area contributed by atoms with Gasteiger partial charge >= 0.3 is 0 Å². The molecule has 1 saturated heterocycles. The molecule has 0 bridgehead atoms. The predicted molar refractivity (Wildman–Crippen MR) is 141 cm³/mol. The third-order valence-corrected chi connectivity index (χ3v) is 6.76. The first-order chi connectivity index (χ1) is 18.0. The van der Waals surface area contributed by atoms with E-state index in [4.69, 9.17) is 14.7 Å². The number of hydrogen-bond donors (Lipinski definition) is 3. The predicted octanol–water partition coefficient (Wildman–Crippen LogP) is 4.11. The molecule has 5 heterocycles. The number of rotatable bonds is 7. The number of likely N-dealkylation sites (N-methyl/N-ethyl adjacent to an activating group) is 1. The number of imidazole rings is 1. The largest absolute Gasteiger partial charge is 0.492 e. The Hall–Kier alpha value is -3.89. The summed E-state index contributed by atoms with van der Waals surface area (Å²) < 4.78 is 20.3. The molecule has 6 rings (SSSR count). The molecule has 1 aliphatic heterocycles. The lowest BCUT2D eigenvalue weighted by atomic mass is 9.94. The van der Waals surface area contributed by atoms with Gasteiger partial charge in [-0.15, -0.1) is 0 Å². The van der Waals surface area contributed by atoms with Crippen molar-refractivity contribution < 1.29 is 9.13 Å². The number of H-pyrrole nitrogens is 2. The van der Waals surface area contributed by atoms with Gasteiger partial charge in [0.25, 0.3) is 0 Å². The van der Waals surface area contributed by atoms with Gasteiger partial charge in [-0.25, -0.2) is 14.4 Å². The van der Waals surface area contributed by atoms with E-state index in [2.05, 4.69) is 31.5 Å². The van der Waals surface area contributed by atoms with Crippen LogP contribution < -0.4 is 10.1 Å². The summed E-state index contributed by atoms with van der Waals surface area (Å²) in [7, 11) is 3.93. The Labute approximate surface area is 213 Å². The molecule has 0 aliphatic carbocycles. The smallest absolute Gasteiger partial charge is 0.161 e. The Bertz CT molecular complexity index is 1550. The lowest BCUT2D eigenvalue weighted by Gasteiger charge is -2.22. The number of piperidine rings is 1. The molecule has 1 aliphatic rings. The molecule has 0 saturated carbocycles. The van der Waals surface area contributed by atoms with Gasteiger partial charge in [0, 0.05) is 36.0 Å². The van der Waals surface area contributed by atoms with Gasteiger partial charge in [0.1, 0.15) is 29.2 Å². The van der Waals surface area contributed by atoms with Gasteiger partial charge in [-0.2, -0.15) is 5.10 Å². The van der Waals surface area contributed by atoms with Crippen LogP contribution in [0.5, 0.6) is 5.75 Å². The number of halogens is 1. The zero-order valence-electron chi connectivity index (χ0n) is 20.9. The van der Waals surface area contributed by atoms with Gasteiger partial charge in [0.15, 0.2) is 11.5 Å². The summed E-state index contributed by atoms with van der Waals surface area (Å²) in [6.07, 6.45) is 3.83. The third kappa shape index (κ3) is 4.77. The average molecular weight is 501 g/mol. The van der Waals surface area contributed by atoms with E-state index in [0.717, 1.165) is 54.7 Å². The van der Waals surface area contributed by atoms with Crippen LogP contribution in [-0.2, 0) is 0 Å². The van der Waals surface area contributed by atoms with Crippen LogP contribution >= 0.6 is 0 Å². The van der Waals surface area contributed by atoms with Crippen molar-refractivity contribution in [2.75, 3.05) is 40.3 Å². The first-order valence-electron chi connectivity index (χ1n) is 12.5. The molecule has 9 nitrogen and oxygen atoms in total. The summed E-state index contributed by atoms with van der Waals surface area (Å²) in [5.41, 5.74) is 5.96. The van der Waals surface area contributed by atoms with E-state index in [0.29, 0.717) is 46.6 Å². The summed E-state index contributed by atoms with van der Waals surface area (Å²) in [4.78, 5) is 19.7. The molecule has 1 aromatic carbocycles. The average Bonchev–Trinajstić information content (AvgIpc) is 3.52. The van der Waals surface area contributed by atoms with Crippen molar-refractivity contribution in [3.05, 3.63) is 54.1 Å². The molecule has 4 aromatic heterocycles. The Morgan fingerprint density at radius 3 is 2.68 bits per heavy atom. The maximum atomic E-state index is 14.5. The number of benzene rings is 1. The van der Waals surface area contributed by atoms with Crippen molar-refractivity contribution in [1.29, 1.82) is 0 Å². The van der Waals surface area contributed by atoms with Crippen LogP contribution in [0.15, 0.2) is 42.6 Å². The lowest BCUT2D eigenvalue weighted by Crippen LogP contribution is -2.27. The molecule has 0 unspecified atom stereocenters. The van der Waals surface area contributed by atoms with Gasteiger partial charge in [0.2, 0.25) is 0 Å². The Balaban J connectivity index is 1.37. The minimum Gasteiger partial charge on any atom is -0.492 e. The number of ether oxygens (including phenoxy) is 1. The monoisotopic (exact) mass is 500 g/mol. The molecular weight excluding hydrogens is 471 g/mol. The number of hydrogen-bond acceptors (Lipinski definition) is 7. The molecule has 5 aromatic rings. The highest BCUT2D eigenvalue weighted by atomic mass is 19.1.